The maximum atomic E-state index is 12.1. The van der Waals surface area contributed by atoms with E-state index in [2.05, 4.69) is 10.1 Å². The van der Waals surface area contributed by atoms with Crippen molar-refractivity contribution in [3.05, 3.63) is 34.9 Å². The highest BCUT2D eigenvalue weighted by molar-refractivity contribution is 6.33. The minimum atomic E-state index is -0.866. The van der Waals surface area contributed by atoms with E-state index in [-0.39, 0.29) is 24.2 Å². The normalized spacial score (nSPS) is 11.6. The molecule has 0 aromatic heterocycles. The fourth-order valence-corrected chi connectivity index (χ4v) is 1.98. The Balaban J connectivity index is 2.76. The number of ether oxygens (including phenoxy) is 1. The number of methoxy groups -OCH3 is 1. The number of halogens is 1. The first-order valence-electron chi connectivity index (χ1n) is 6.64. The van der Waals surface area contributed by atoms with Crippen LogP contribution in [0.15, 0.2) is 24.3 Å². The number of rotatable bonds is 7. The third-order valence-electron chi connectivity index (χ3n) is 3.02. The topological polar surface area (TPSA) is 72.5 Å². The van der Waals surface area contributed by atoms with Gasteiger partial charge in [-0.1, -0.05) is 30.7 Å². The van der Waals surface area contributed by atoms with Crippen LogP contribution in [0.4, 0.5) is 0 Å². The molecular formula is C15H18ClNO4. The second-order valence-electron chi connectivity index (χ2n) is 4.46. The number of carbonyl (C=O) groups is 3. The predicted molar refractivity (Wildman–Crippen MR) is 79.3 cm³/mol. The third kappa shape index (κ3) is 5.19. The molecule has 0 bridgehead atoms. The quantitative estimate of drug-likeness (QED) is 0.785. The van der Waals surface area contributed by atoms with Crippen molar-refractivity contribution in [3.8, 4) is 0 Å². The van der Waals surface area contributed by atoms with Gasteiger partial charge < -0.3 is 10.1 Å². The number of carbonyl (C=O) groups excluding carboxylic acids is 3. The van der Waals surface area contributed by atoms with Crippen molar-refractivity contribution in [1.29, 1.82) is 0 Å². The van der Waals surface area contributed by atoms with E-state index in [0.717, 1.165) is 0 Å². The molecule has 1 N–H and O–H groups in total. The Morgan fingerprint density at radius 2 is 1.95 bits per heavy atom. The summed E-state index contributed by atoms with van der Waals surface area (Å²) in [4.78, 5) is 35.2. The first kappa shape index (κ1) is 17.2. The molecule has 0 spiro atoms. The van der Waals surface area contributed by atoms with Gasteiger partial charge in [0.2, 0.25) is 0 Å². The smallest absolute Gasteiger partial charge is 0.328 e. The molecule has 0 radical (unpaired) electrons. The monoisotopic (exact) mass is 311 g/mol. The summed E-state index contributed by atoms with van der Waals surface area (Å²) in [6.07, 6.45) is 0.807. The standard InChI is InChI=1S/C15H18ClNO4/c1-3-10(18)8-9-13(15(20)21-2)17-14(19)11-6-4-5-7-12(11)16/h4-7,13H,3,8-9H2,1-2H3,(H,17,19)/t13-/m1/s1. The van der Waals surface area contributed by atoms with Gasteiger partial charge in [-0.15, -0.1) is 0 Å². The van der Waals surface area contributed by atoms with Gasteiger partial charge in [-0.25, -0.2) is 4.79 Å². The molecule has 21 heavy (non-hydrogen) atoms. The number of esters is 1. The zero-order valence-electron chi connectivity index (χ0n) is 12.0. The van der Waals surface area contributed by atoms with Crippen molar-refractivity contribution < 1.29 is 19.1 Å². The molecule has 0 aliphatic carbocycles. The average molecular weight is 312 g/mol. The van der Waals surface area contributed by atoms with E-state index in [1.165, 1.54) is 7.11 Å². The van der Waals surface area contributed by atoms with Crippen LogP contribution in [0.3, 0.4) is 0 Å². The lowest BCUT2D eigenvalue weighted by Crippen LogP contribution is -2.41. The Labute approximate surface area is 128 Å². The summed E-state index contributed by atoms with van der Waals surface area (Å²) in [5, 5.41) is 2.85. The molecular weight excluding hydrogens is 294 g/mol. The minimum absolute atomic E-state index is 0.0240. The molecule has 114 valence electrons. The second kappa shape index (κ2) is 8.42. The van der Waals surface area contributed by atoms with Crippen molar-refractivity contribution in [1.82, 2.24) is 5.32 Å². The lowest BCUT2D eigenvalue weighted by molar-refractivity contribution is -0.143. The molecule has 1 aromatic carbocycles. The largest absolute Gasteiger partial charge is 0.467 e. The summed E-state index contributed by atoms with van der Waals surface area (Å²) >= 11 is 5.93. The average Bonchev–Trinajstić information content (AvgIpc) is 2.50. The van der Waals surface area contributed by atoms with Crippen LogP contribution in [-0.2, 0) is 14.3 Å². The maximum Gasteiger partial charge on any atom is 0.328 e. The van der Waals surface area contributed by atoms with E-state index >= 15 is 0 Å². The predicted octanol–water partition coefficient (Wildman–Crippen LogP) is 2.37. The number of Topliss-reactive ketones (excluding diaryl/α,β-unsaturated/α-hetero) is 1. The van der Waals surface area contributed by atoms with E-state index in [0.29, 0.717) is 11.4 Å². The summed E-state index contributed by atoms with van der Waals surface area (Å²) in [5.41, 5.74) is 0.273. The number of amides is 1. The molecule has 5 nitrogen and oxygen atoms in total. The third-order valence-corrected chi connectivity index (χ3v) is 3.35. The van der Waals surface area contributed by atoms with Gasteiger partial charge in [0.15, 0.2) is 0 Å². The van der Waals surface area contributed by atoms with E-state index < -0.39 is 17.9 Å². The first-order valence-corrected chi connectivity index (χ1v) is 7.02. The van der Waals surface area contributed by atoms with Gasteiger partial charge in [0.1, 0.15) is 11.8 Å². The van der Waals surface area contributed by atoms with Crippen LogP contribution < -0.4 is 5.32 Å². The molecule has 0 saturated heterocycles. The fourth-order valence-electron chi connectivity index (χ4n) is 1.75. The number of ketones is 1. The van der Waals surface area contributed by atoms with Crippen LogP contribution in [0, 0.1) is 0 Å². The second-order valence-corrected chi connectivity index (χ2v) is 4.87. The Bertz CT molecular complexity index is 530. The van der Waals surface area contributed by atoms with Gasteiger partial charge in [0.25, 0.3) is 5.91 Å². The first-order chi connectivity index (χ1) is 9.99. The van der Waals surface area contributed by atoms with E-state index in [4.69, 9.17) is 11.6 Å². The van der Waals surface area contributed by atoms with Crippen molar-refractivity contribution in [2.45, 2.75) is 32.2 Å². The summed E-state index contributed by atoms with van der Waals surface area (Å²) < 4.78 is 4.65. The highest BCUT2D eigenvalue weighted by Gasteiger charge is 2.23. The van der Waals surface area contributed by atoms with Crippen molar-refractivity contribution in [3.63, 3.8) is 0 Å². The molecule has 1 atom stereocenters. The summed E-state index contributed by atoms with van der Waals surface area (Å²) in [7, 11) is 1.23. The van der Waals surface area contributed by atoms with Crippen LogP contribution in [0.25, 0.3) is 0 Å². The van der Waals surface area contributed by atoms with E-state index in [1.54, 1.807) is 31.2 Å². The van der Waals surface area contributed by atoms with Crippen LogP contribution in [0.5, 0.6) is 0 Å². The molecule has 1 amide bonds. The van der Waals surface area contributed by atoms with Crippen LogP contribution in [0.1, 0.15) is 36.5 Å². The SMILES string of the molecule is CCC(=O)CC[C@@H](NC(=O)c1ccccc1Cl)C(=O)OC. The molecule has 0 aliphatic rings. The van der Waals surface area contributed by atoms with Crippen molar-refractivity contribution >= 4 is 29.3 Å². The van der Waals surface area contributed by atoms with Gasteiger partial charge in [-0.2, -0.15) is 0 Å². The van der Waals surface area contributed by atoms with Crippen LogP contribution in [-0.4, -0.2) is 30.8 Å². The van der Waals surface area contributed by atoms with Gasteiger partial charge in [-0.3, -0.25) is 9.59 Å². The minimum Gasteiger partial charge on any atom is -0.467 e. The molecule has 1 rings (SSSR count). The Hall–Kier alpha value is -1.88. The van der Waals surface area contributed by atoms with Crippen molar-refractivity contribution in [2.75, 3.05) is 7.11 Å². The van der Waals surface area contributed by atoms with E-state index in [9.17, 15) is 14.4 Å². The lowest BCUT2D eigenvalue weighted by Gasteiger charge is -2.16. The fraction of sp³-hybridized carbons (Fsp3) is 0.400. The Kier molecular flexibility index (Phi) is 6.88. The number of hydrogen-bond acceptors (Lipinski definition) is 4. The number of hydrogen-bond donors (Lipinski definition) is 1. The Morgan fingerprint density at radius 1 is 1.29 bits per heavy atom. The molecule has 0 unspecified atom stereocenters. The molecule has 0 fully saturated rings. The van der Waals surface area contributed by atoms with Crippen LogP contribution >= 0.6 is 11.6 Å². The maximum absolute atomic E-state index is 12.1. The zero-order chi connectivity index (χ0) is 15.8. The van der Waals surface area contributed by atoms with Gasteiger partial charge >= 0.3 is 5.97 Å². The highest BCUT2D eigenvalue weighted by Crippen LogP contribution is 2.15. The molecule has 0 saturated carbocycles. The van der Waals surface area contributed by atoms with Crippen LogP contribution in [0.2, 0.25) is 5.02 Å². The van der Waals surface area contributed by atoms with Gasteiger partial charge in [0, 0.05) is 12.8 Å². The summed E-state index contributed by atoms with van der Waals surface area (Å²) in [5.74, 6) is -1.03. The lowest BCUT2D eigenvalue weighted by atomic mass is 10.1. The van der Waals surface area contributed by atoms with Gasteiger partial charge in [-0.05, 0) is 18.6 Å². The summed E-state index contributed by atoms with van der Waals surface area (Å²) in [6.45, 7) is 1.75. The molecule has 6 heteroatoms. The highest BCUT2D eigenvalue weighted by atomic mass is 35.5. The zero-order valence-corrected chi connectivity index (χ0v) is 12.8. The number of nitrogens with one attached hydrogen (secondary N) is 1. The van der Waals surface area contributed by atoms with Gasteiger partial charge in [0.05, 0.1) is 17.7 Å². The Morgan fingerprint density at radius 3 is 2.52 bits per heavy atom. The molecule has 0 aliphatic heterocycles. The molecule has 0 heterocycles. The van der Waals surface area contributed by atoms with E-state index in [1.807, 2.05) is 0 Å². The number of benzene rings is 1. The molecule has 1 aromatic rings. The summed E-state index contributed by atoms with van der Waals surface area (Å²) in [6, 6.07) is 5.66. The van der Waals surface area contributed by atoms with Crippen molar-refractivity contribution in [2.24, 2.45) is 0 Å².